The van der Waals surface area contributed by atoms with E-state index in [0.717, 1.165) is 41.2 Å². The molecule has 0 atom stereocenters. The number of nitrogens with one attached hydrogen (secondary N) is 1. The third kappa shape index (κ3) is 5.24. The second kappa shape index (κ2) is 10.4. The summed E-state index contributed by atoms with van der Waals surface area (Å²) in [5.41, 5.74) is 2.46. The summed E-state index contributed by atoms with van der Waals surface area (Å²) in [6.07, 6.45) is 3.14. The number of hydrogen-bond acceptors (Lipinski definition) is 5. The van der Waals surface area contributed by atoms with E-state index in [2.05, 4.69) is 20.9 Å². The van der Waals surface area contributed by atoms with Gasteiger partial charge >= 0.3 is 0 Å². The number of fused-ring (bicyclic) bond motifs is 1. The van der Waals surface area contributed by atoms with Gasteiger partial charge in [0.2, 0.25) is 0 Å². The SMILES string of the molecule is COc1cccc(OCCn2c(CCCNC(=O)c3ccccn3)nc3ccccc32)c1. The van der Waals surface area contributed by atoms with E-state index in [4.69, 9.17) is 14.5 Å². The molecule has 7 heteroatoms. The average molecular weight is 431 g/mol. The molecule has 0 aliphatic heterocycles. The molecule has 4 rings (SSSR count). The fourth-order valence-corrected chi connectivity index (χ4v) is 3.55. The molecular weight excluding hydrogens is 404 g/mol. The summed E-state index contributed by atoms with van der Waals surface area (Å²) in [5, 5.41) is 2.92. The maximum Gasteiger partial charge on any atom is 0.269 e. The number of imidazole rings is 1. The van der Waals surface area contributed by atoms with Crippen molar-refractivity contribution in [1.82, 2.24) is 19.9 Å². The Morgan fingerprint density at radius 1 is 1.03 bits per heavy atom. The third-order valence-corrected chi connectivity index (χ3v) is 5.12. The van der Waals surface area contributed by atoms with Gasteiger partial charge in [0.1, 0.15) is 29.6 Å². The van der Waals surface area contributed by atoms with E-state index in [0.29, 0.717) is 25.4 Å². The first-order valence-corrected chi connectivity index (χ1v) is 10.6. The Morgan fingerprint density at radius 2 is 1.88 bits per heavy atom. The number of pyridine rings is 1. The Bertz CT molecular complexity index is 1170. The number of aromatic nitrogens is 3. The van der Waals surface area contributed by atoms with E-state index in [1.54, 1.807) is 31.5 Å². The topological polar surface area (TPSA) is 78.3 Å². The van der Waals surface area contributed by atoms with Crippen LogP contribution in [0, 0.1) is 0 Å². The van der Waals surface area contributed by atoms with Gasteiger partial charge in [0.15, 0.2) is 0 Å². The van der Waals surface area contributed by atoms with Crippen LogP contribution in [0.4, 0.5) is 0 Å². The number of benzene rings is 2. The lowest BCUT2D eigenvalue weighted by Crippen LogP contribution is -2.25. The largest absolute Gasteiger partial charge is 0.497 e. The fourth-order valence-electron chi connectivity index (χ4n) is 3.55. The smallest absolute Gasteiger partial charge is 0.269 e. The Balaban J connectivity index is 1.37. The molecule has 0 unspecified atom stereocenters. The van der Waals surface area contributed by atoms with Crippen molar-refractivity contribution >= 4 is 16.9 Å². The number of carbonyl (C=O) groups excluding carboxylic acids is 1. The van der Waals surface area contributed by atoms with Gasteiger partial charge in [0.05, 0.1) is 24.7 Å². The first kappa shape index (κ1) is 21.4. The Hall–Kier alpha value is -3.87. The van der Waals surface area contributed by atoms with Crippen LogP contribution in [-0.4, -0.2) is 40.7 Å². The standard InChI is InChI=1S/C25H26N4O3/c1-31-19-8-6-9-20(18-19)32-17-16-29-23-12-3-2-10-21(23)28-24(29)13-7-15-27-25(30)22-11-4-5-14-26-22/h2-6,8-12,14,18H,7,13,15-17H2,1H3,(H,27,30). The van der Waals surface area contributed by atoms with Gasteiger partial charge in [-0.2, -0.15) is 0 Å². The van der Waals surface area contributed by atoms with Gasteiger partial charge in [-0.3, -0.25) is 9.78 Å². The molecule has 2 aromatic carbocycles. The van der Waals surface area contributed by atoms with Crippen molar-refractivity contribution in [1.29, 1.82) is 0 Å². The minimum absolute atomic E-state index is 0.161. The summed E-state index contributed by atoms with van der Waals surface area (Å²) in [4.78, 5) is 21.0. The van der Waals surface area contributed by atoms with E-state index >= 15 is 0 Å². The zero-order valence-electron chi connectivity index (χ0n) is 18.0. The number of carbonyl (C=O) groups is 1. The zero-order valence-corrected chi connectivity index (χ0v) is 18.0. The number of nitrogens with zero attached hydrogens (tertiary/aromatic N) is 3. The number of hydrogen-bond donors (Lipinski definition) is 1. The van der Waals surface area contributed by atoms with Crippen molar-refractivity contribution in [3.05, 3.63) is 84.4 Å². The van der Waals surface area contributed by atoms with E-state index in [-0.39, 0.29) is 5.91 Å². The van der Waals surface area contributed by atoms with Crippen LogP contribution in [0.5, 0.6) is 11.5 Å². The highest BCUT2D eigenvalue weighted by Crippen LogP contribution is 2.20. The molecule has 2 heterocycles. The summed E-state index contributed by atoms with van der Waals surface area (Å²) in [6.45, 7) is 1.74. The van der Waals surface area contributed by atoms with E-state index in [1.165, 1.54) is 0 Å². The van der Waals surface area contributed by atoms with E-state index in [9.17, 15) is 4.79 Å². The van der Waals surface area contributed by atoms with Crippen LogP contribution < -0.4 is 14.8 Å². The molecule has 0 saturated carbocycles. The quantitative estimate of drug-likeness (QED) is 0.386. The normalized spacial score (nSPS) is 10.8. The van der Waals surface area contributed by atoms with Crippen LogP contribution in [0.2, 0.25) is 0 Å². The second-order valence-corrected chi connectivity index (χ2v) is 7.27. The maximum atomic E-state index is 12.2. The number of amides is 1. The van der Waals surface area contributed by atoms with Gasteiger partial charge in [-0.05, 0) is 42.8 Å². The van der Waals surface area contributed by atoms with Crippen LogP contribution in [0.1, 0.15) is 22.7 Å². The summed E-state index contributed by atoms with van der Waals surface area (Å²) < 4.78 is 13.4. The molecule has 164 valence electrons. The molecule has 4 aromatic rings. The molecule has 0 fully saturated rings. The molecule has 0 spiro atoms. The summed E-state index contributed by atoms with van der Waals surface area (Å²) in [7, 11) is 1.64. The van der Waals surface area contributed by atoms with Crippen LogP contribution in [0.3, 0.4) is 0 Å². The fraction of sp³-hybridized carbons (Fsp3) is 0.240. The van der Waals surface area contributed by atoms with Gasteiger partial charge in [-0.15, -0.1) is 0 Å². The highest BCUT2D eigenvalue weighted by molar-refractivity contribution is 5.92. The van der Waals surface area contributed by atoms with Gasteiger partial charge in [-0.1, -0.05) is 24.3 Å². The van der Waals surface area contributed by atoms with Gasteiger partial charge in [-0.25, -0.2) is 4.98 Å². The number of rotatable bonds is 10. The van der Waals surface area contributed by atoms with Gasteiger partial charge < -0.3 is 19.4 Å². The average Bonchev–Trinajstić information content (AvgIpc) is 3.20. The minimum atomic E-state index is -0.161. The number of ether oxygens (including phenoxy) is 2. The van der Waals surface area contributed by atoms with Crippen LogP contribution in [0.25, 0.3) is 11.0 Å². The zero-order chi connectivity index (χ0) is 22.2. The molecule has 1 N–H and O–H groups in total. The van der Waals surface area contributed by atoms with Crippen LogP contribution >= 0.6 is 0 Å². The predicted molar refractivity (Wildman–Crippen MR) is 123 cm³/mol. The lowest BCUT2D eigenvalue weighted by Gasteiger charge is -2.12. The number of methoxy groups -OCH3 is 1. The van der Waals surface area contributed by atoms with Crippen molar-refractivity contribution in [2.75, 3.05) is 20.3 Å². The van der Waals surface area contributed by atoms with Gasteiger partial charge in [0.25, 0.3) is 5.91 Å². The summed E-state index contributed by atoms with van der Waals surface area (Å²) in [5.74, 6) is 2.36. The van der Waals surface area contributed by atoms with Crippen molar-refractivity contribution in [3.63, 3.8) is 0 Å². The van der Waals surface area contributed by atoms with Crippen LogP contribution in [-0.2, 0) is 13.0 Å². The summed E-state index contributed by atoms with van der Waals surface area (Å²) in [6, 6.07) is 21.0. The lowest BCUT2D eigenvalue weighted by molar-refractivity contribution is 0.0948. The highest BCUT2D eigenvalue weighted by atomic mass is 16.5. The molecule has 32 heavy (non-hydrogen) atoms. The summed E-state index contributed by atoms with van der Waals surface area (Å²) >= 11 is 0. The highest BCUT2D eigenvalue weighted by Gasteiger charge is 2.11. The maximum absolute atomic E-state index is 12.2. The van der Waals surface area contributed by atoms with Crippen LogP contribution in [0.15, 0.2) is 72.9 Å². The molecular formula is C25H26N4O3. The molecule has 0 bridgehead atoms. The predicted octanol–water partition coefficient (Wildman–Crippen LogP) is 3.88. The Morgan fingerprint density at radius 3 is 2.72 bits per heavy atom. The number of para-hydroxylation sites is 2. The molecule has 2 aromatic heterocycles. The first-order chi connectivity index (χ1) is 15.7. The Kier molecular flexibility index (Phi) is 6.97. The van der Waals surface area contributed by atoms with E-state index in [1.807, 2.05) is 42.5 Å². The van der Waals surface area contributed by atoms with Crippen molar-refractivity contribution in [3.8, 4) is 11.5 Å². The van der Waals surface area contributed by atoms with Crippen molar-refractivity contribution in [2.45, 2.75) is 19.4 Å². The van der Waals surface area contributed by atoms with E-state index < -0.39 is 0 Å². The second-order valence-electron chi connectivity index (χ2n) is 7.27. The molecule has 7 nitrogen and oxygen atoms in total. The number of aryl methyl sites for hydroxylation is 1. The molecule has 1 amide bonds. The van der Waals surface area contributed by atoms with Gasteiger partial charge in [0, 0.05) is 25.2 Å². The Labute approximate surface area is 187 Å². The first-order valence-electron chi connectivity index (χ1n) is 10.6. The third-order valence-electron chi connectivity index (χ3n) is 5.12. The molecule has 0 radical (unpaired) electrons. The van der Waals surface area contributed by atoms with Crippen molar-refractivity contribution in [2.24, 2.45) is 0 Å². The van der Waals surface area contributed by atoms with Crippen molar-refractivity contribution < 1.29 is 14.3 Å². The molecule has 0 aliphatic rings. The monoisotopic (exact) mass is 430 g/mol. The molecule has 0 saturated heterocycles. The lowest BCUT2D eigenvalue weighted by atomic mass is 10.2. The minimum Gasteiger partial charge on any atom is -0.497 e. The molecule has 0 aliphatic carbocycles.